The lowest BCUT2D eigenvalue weighted by Crippen LogP contribution is -2.27. The molecular weight excluding hydrogens is 971 g/mol. The summed E-state index contributed by atoms with van der Waals surface area (Å²) >= 11 is 5.93. The lowest BCUT2D eigenvalue weighted by Gasteiger charge is -2.19. The quantitative estimate of drug-likeness (QED) is 0.0685. The first kappa shape index (κ1) is 56.1. The standard InChI is InChI=1S/C19H19F3N2O3.C18H18F2N2O3.C14H11ClN2O3/c1-18(2,3)27-17(26)24-13-10-8-12(9-11-13)23-16(25)14-6-4-5-7-15(14)19(20,21)22;1-18(2,3)25-17(24)22-12-9-7-11(8-10-12)21-16(23)15-13(19)5-4-6-14(15)20;15-12-4-2-1-3-11(12)13(18)16-9-5-7-10(8-6-9)17-14(19)20/h4-11H,1-3H3,(H,23,25)(H,24,26);4-10H,1-3H3,(H,21,23)(H,22,24);1-8,17H,(H,16,18)(H,19,20). The zero-order valence-corrected chi connectivity index (χ0v) is 40.0. The molecule has 15 nitrogen and oxygen atoms in total. The number of carbonyl (C=O) groups is 6. The summed E-state index contributed by atoms with van der Waals surface area (Å²) < 4.78 is 76.4. The van der Waals surface area contributed by atoms with E-state index in [-0.39, 0.29) is 11.6 Å². The van der Waals surface area contributed by atoms with Gasteiger partial charge in [-0.1, -0.05) is 41.9 Å². The fourth-order valence-corrected chi connectivity index (χ4v) is 5.98. The predicted molar refractivity (Wildman–Crippen MR) is 264 cm³/mol. The molecule has 378 valence electrons. The molecule has 6 rings (SSSR count). The van der Waals surface area contributed by atoms with E-state index in [2.05, 4.69) is 31.9 Å². The Morgan fingerprint density at radius 1 is 0.444 bits per heavy atom. The van der Waals surface area contributed by atoms with E-state index in [4.69, 9.17) is 26.2 Å². The molecule has 6 aromatic carbocycles. The molecule has 7 N–H and O–H groups in total. The second kappa shape index (κ2) is 24.9. The number of ether oxygens (including phenoxy) is 2. The lowest BCUT2D eigenvalue weighted by atomic mass is 10.1. The van der Waals surface area contributed by atoms with Gasteiger partial charge in [0.15, 0.2) is 0 Å². The minimum Gasteiger partial charge on any atom is -0.465 e. The van der Waals surface area contributed by atoms with Crippen molar-refractivity contribution in [1.82, 2.24) is 0 Å². The van der Waals surface area contributed by atoms with Gasteiger partial charge in [0.1, 0.15) is 28.4 Å². The van der Waals surface area contributed by atoms with Gasteiger partial charge < -0.3 is 30.5 Å². The van der Waals surface area contributed by atoms with Crippen LogP contribution in [0, 0.1) is 11.6 Å². The van der Waals surface area contributed by atoms with Gasteiger partial charge in [0.25, 0.3) is 17.7 Å². The molecule has 0 saturated carbocycles. The number of carboxylic acid groups (broad SMARTS) is 1. The van der Waals surface area contributed by atoms with Gasteiger partial charge in [0, 0.05) is 34.1 Å². The summed E-state index contributed by atoms with van der Waals surface area (Å²) in [6, 6.07) is 32.7. The van der Waals surface area contributed by atoms with Crippen molar-refractivity contribution >= 4 is 81.7 Å². The summed E-state index contributed by atoms with van der Waals surface area (Å²) in [5, 5.41) is 23.7. The number of carbonyl (C=O) groups excluding carboxylic acids is 5. The Kier molecular flexibility index (Phi) is 19.4. The zero-order valence-electron chi connectivity index (χ0n) is 39.3. The molecule has 0 aromatic heterocycles. The van der Waals surface area contributed by atoms with Crippen molar-refractivity contribution < 1.29 is 65.3 Å². The van der Waals surface area contributed by atoms with Crippen molar-refractivity contribution in [3.63, 3.8) is 0 Å². The summed E-state index contributed by atoms with van der Waals surface area (Å²) in [5.74, 6) is -3.99. The van der Waals surface area contributed by atoms with E-state index in [1.54, 1.807) is 90.1 Å². The van der Waals surface area contributed by atoms with Crippen LogP contribution in [0.3, 0.4) is 0 Å². The van der Waals surface area contributed by atoms with Crippen LogP contribution in [0.15, 0.2) is 140 Å². The van der Waals surface area contributed by atoms with E-state index in [0.29, 0.717) is 39.0 Å². The monoisotopic (exact) mass is 1020 g/mol. The number of amides is 6. The van der Waals surface area contributed by atoms with E-state index in [9.17, 15) is 50.7 Å². The summed E-state index contributed by atoms with van der Waals surface area (Å²) in [7, 11) is 0. The highest BCUT2D eigenvalue weighted by Crippen LogP contribution is 2.32. The number of hydrogen-bond acceptors (Lipinski definition) is 8. The molecule has 6 amide bonds. The van der Waals surface area contributed by atoms with Crippen molar-refractivity contribution in [1.29, 1.82) is 0 Å². The van der Waals surface area contributed by atoms with Crippen LogP contribution in [0.2, 0.25) is 5.02 Å². The molecule has 0 radical (unpaired) electrons. The molecule has 0 fully saturated rings. The number of alkyl halides is 3. The first-order chi connectivity index (χ1) is 33.7. The predicted octanol–water partition coefficient (Wildman–Crippen LogP) is 13.6. The molecule has 0 unspecified atom stereocenters. The maximum atomic E-state index is 13.6. The Morgan fingerprint density at radius 3 is 1.15 bits per heavy atom. The van der Waals surface area contributed by atoms with Crippen LogP contribution < -0.4 is 31.9 Å². The molecule has 0 saturated heterocycles. The van der Waals surface area contributed by atoms with E-state index in [1.165, 1.54) is 66.7 Å². The van der Waals surface area contributed by atoms with Gasteiger partial charge in [-0.25, -0.2) is 23.2 Å². The number of benzene rings is 6. The smallest absolute Gasteiger partial charge is 0.417 e. The third-order valence-corrected chi connectivity index (χ3v) is 9.09. The van der Waals surface area contributed by atoms with Gasteiger partial charge in [-0.15, -0.1) is 0 Å². The minimum atomic E-state index is -4.63. The van der Waals surface area contributed by atoms with Crippen LogP contribution in [0.25, 0.3) is 0 Å². The Balaban J connectivity index is 0.000000237. The second-order valence-corrected chi connectivity index (χ2v) is 17.3. The number of rotatable bonds is 9. The Hall–Kier alpha value is -8.52. The van der Waals surface area contributed by atoms with Crippen molar-refractivity contribution in [2.75, 3.05) is 31.9 Å². The molecule has 0 bridgehead atoms. The van der Waals surface area contributed by atoms with E-state index in [0.717, 1.165) is 24.3 Å². The number of hydrogen-bond donors (Lipinski definition) is 7. The van der Waals surface area contributed by atoms with Gasteiger partial charge in [-0.3, -0.25) is 30.3 Å². The highest BCUT2D eigenvalue weighted by Gasteiger charge is 2.35. The molecule has 0 spiro atoms. The average Bonchev–Trinajstić information content (AvgIpc) is 3.27. The molecule has 0 aliphatic rings. The molecule has 6 aromatic rings. The summed E-state index contributed by atoms with van der Waals surface area (Å²) in [5.41, 5.74) is -0.589. The lowest BCUT2D eigenvalue weighted by molar-refractivity contribution is -0.137. The summed E-state index contributed by atoms with van der Waals surface area (Å²) in [6.45, 7) is 10.4. The van der Waals surface area contributed by atoms with Crippen molar-refractivity contribution in [2.24, 2.45) is 0 Å². The highest BCUT2D eigenvalue weighted by atomic mass is 35.5. The maximum Gasteiger partial charge on any atom is 0.417 e. The van der Waals surface area contributed by atoms with Crippen LogP contribution >= 0.6 is 11.6 Å². The van der Waals surface area contributed by atoms with Crippen molar-refractivity contribution in [2.45, 2.75) is 58.9 Å². The van der Waals surface area contributed by atoms with Gasteiger partial charge >= 0.3 is 24.5 Å². The van der Waals surface area contributed by atoms with Crippen molar-refractivity contribution in [3.05, 3.63) is 178 Å². The maximum absolute atomic E-state index is 13.6. The molecule has 0 heterocycles. The van der Waals surface area contributed by atoms with Crippen LogP contribution in [0.5, 0.6) is 0 Å². The number of nitrogens with one attached hydrogen (secondary N) is 6. The van der Waals surface area contributed by atoms with E-state index >= 15 is 0 Å². The van der Waals surface area contributed by atoms with Crippen LogP contribution in [0.1, 0.15) is 78.2 Å². The molecular formula is C51H48ClF5N6O9. The van der Waals surface area contributed by atoms with E-state index in [1.807, 2.05) is 0 Å². The second-order valence-electron chi connectivity index (χ2n) is 16.9. The third kappa shape index (κ3) is 18.8. The zero-order chi connectivity index (χ0) is 53.4. The van der Waals surface area contributed by atoms with Crippen LogP contribution in [-0.4, -0.2) is 52.3 Å². The largest absolute Gasteiger partial charge is 0.465 e. The molecule has 72 heavy (non-hydrogen) atoms. The average molecular weight is 1020 g/mol. The molecule has 0 aliphatic carbocycles. The molecule has 0 aliphatic heterocycles. The van der Waals surface area contributed by atoms with Gasteiger partial charge in [0.05, 0.1) is 21.7 Å². The Bertz CT molecular complexity index is 2850. The minimum absolute atomic E-state index is 0.284. The normalized spacial score (nSPS) is 10.9. The SMILES string of the molecule is CC(C)(C)OC(=O)Nc1ccc(NC(=O)c2c(F)cccc2F)cc1.CC(C)(C)OC(=O)Nc1ccc(NC(=O)c2ccccc2C(F)(F)F)cc1.O=C(O)Nc1ccc(NC(=O)c2ccccc2Cl)cc1. The first-order valence-corrected chi connectivity index (χ1v) is 21.6. The molecule has 0 atom stereocenters. The van der Waals surface area contributed by atoms with Crippen LogP contribution in [0.4, 0.5) is 70.5 Å². The van der Waals surface area contributed by atoms with Gasteiger partial charge in [0.2, 0.25) is 0 Å². The van der Waals surface area contributed by atoms with Crippen molar-refractivity contribution in [3.8, 4) is 0 Å². The fourth-order valence-electron chi connectivity index (χ4n) is 5.76. The van der Waals surface area contributed by atoms with Gasteiger partial charge in [-0.05, 0) is 151 Å². The summed E-state index contributed by atoms with van der Waals surface area (Å²) in [4.78, 5) is 70.0. The Labute approximate surface area is 415 Å². The van der Waals surface area contributed by atoms with Gasteiger partial charge in [-0.2, -0.15) is 13.2 Å². The first-order valence-electron chi connectivity index (χ1n) is 21.3. The highest BCUT2D eigenvalue weighted by molar-refractivity contribution is 6.34. The Morgan fingerprint density at radius 2 is 0.778 bits per heavy atom. The van der Waals surface area contributed by atoms with Crippen LogP contribution in [-0.2, 0) is 15.7 Å². The fraction of sp³-hybridized carbons (Fsp3) is 0.176. The van der Waals surface area contributed by atoms with E-state index < -0.39 is 75.8 Å². The third-order valence-electron chi connectivity index (χ3n) is 8.76. The summed E-state index contributed by atoms with van der Waals surface area (Å²) in [6.07, 6.45) is -7.02. The number of halogens is 6. The topological polar surface area (TPSA) is 213 Å². The number of anilines is 6. The molecule has 21 heteroatoms.